The number of unbranched alkanes of at least 4 members (excludes halogenated alkanes) is 2. The molecule has 0 aromatic carbocycles. The molecule has 0 aromatic rings. The lowest BCUT2D eigenvalue weighted by Crippen LogP contribution is -1.88. The third kappa shape index (κ3) is 12.7. The summed E-state index contributed by atoms with van der Waals surface area (Å²) in [7, 11) is 4.05. The molecule has 2 heteroatoms. The van der Waals surface area contributed by atoms with Crippen LogP contribution in [0.1, 0.15) is 53.4 Å². The Kier molecular flexibility index (Phi) is 9.76. The monoisotopic (exact) mass is 220 g/mol. The molecule has 0 aliphatic heterocycles. The van der Waals surface area contributed by atoms with Crippen LogP contribution < -0.4 is 0 Å². The lowest BCUT2D eigenvalue weighted by atomic mass is 10.1. The summed E-state index contributed by atoms with van der Waals surface area (Å²) >= 11 is 0. The first-order valence-electron chi connectivity index (χ1n) is 5.41. The average molecular weight is 220 g/mol. The molecule has 80 valence electrons. The van der Waals surface area contributed by atoms with E-state index < -0.39 is 0 Å². The molecular formula is C11H24S2. The van der Waals surface area contributed by atoms with Gasteiger partial charge in [-0.2, -0.15) is 0 Å². The van der Waals surface area contributed by atoms with Gasteiger partial charge in [-0.05, 0) is 12.3 Å². The van der Waals surface area contributed by atoms with Gasteiger partial charge < -0.3 is 0 Å². The fourth-order valence-electron chi connectivity index (χ4n) is 1.07. The highest BCUT2D eigenvalue weighted by Gasteiger charge is 1.96. The summed E-state index contributed by atoms with van der Waals surface area (Å²) < 4.78 is 0. The fraction of sp³-hybridized carbons (Fsp3) is 1.00. The van der Waals surface area contributed by atoms with Gasteiger partial charge in [0, 0.05) is 11.0 Å². The molecule has 0 spiro atoms. The molecule has 0 saturated carbocycles. The highest BCUT2D eigenvalue weighted by atomic mass is 33.1. The molecule has 0 atom stereocenters. The minimum atomic E-state index is 0.778. The summed E-state index contributed by atoms with van der Waals surface area (Å²) in [6.07, 6.45) is 5.65. The van der Waals surface area contributed by atoms with Crippen LogP contribution in [0, 0.1) is 5.92 Å². The van der Waals surface area contributed by atoms with E-state index in [-0.39, 0.29) is 0 Å². The normalized spacial score (nSPS) is 11.5. The maximum Gasteiger partial charge on any atom is 0.00944 e. The van der Waals surface area contributed by atoms with Crippen LogP contribution in [0.15, 0.2) is 0 Å². The lowest BCUT2D eigenvalue weighted by molar-refractivity contribution is 0.535. The second-order valence-corrected chi connectivity index (χ2v) is 7.27. The van der Waals surface area contributed by atoms with Gasteiger partial charge in [0.15, 0.2) is 0 Å². The Balaban J connectivity index is 2.92. The van der Waals surface area contributed by atoms with Crippen LogP contribution in [-0.4, -0.2) is 11.0 Å². The number of hydrogen-bond donors (Lipinski definition) is 0. The van der Waals surface area contributed by atoms with Crippen molar-refractivity contribution in [3.63, 3.8) is 0 Å². The van der Waals surface area contributed by atoms with Crippen molar-refractivity contribution in [2.75, 3.05) is 5.75 Å². The zero-order valence-corrected chi connectivity index (χ0v) is 11.1. The first-order valence-corrected chi connectivity index (χ1v) is 7.79. The summed E-state index contributed by atoms with van der Waals surface area (Å²) in [4.78, 5) is 0. The number of hydrogen-bond acceptors (Lipinski definition) is 2. The molecular weight excluding hydrogens is 196 g/mol. The molecule has 0 heterocycles. The van der Waals surface area contributed by atoms with Crippen LogP contribution in [0.25, 0.3) is 0 Å². The summed E-state index contributed by atoms with van der Waals surface area (Å²) in [5, 5.41) is 0.778. The van der Waals surface area contributed by atoms with Crippen molar-refractivity contribution in [3.05, 3.63) is 0 Å². The first-order chi connectivity index (χ1) is 6.13. The van der Waals surface area contributed by atoms with E-state index in [1.807, 2.05) is 21.6 Å². The molecule has 0 unspecified atom stereocenters. The molecule has 0 radical (unpaired) electrons. The van der Waals surface area contributed by atoms with Gasteiger partial charge in [0.05, 0.1) is 0 Å². The highest BCUT2D eigenvalue weighted by molar-refractivity contribution is 8.76. The predicted molar refractivity (Wildman–Crippen MR) is 68.5 cm³/mol. The standard InChI is InChI=1S/C11H24S2/c1-10(2)8-6-5-7-9-12-13-11(3)4/h10-11H,5-9H2,1-4H3. The quantitative estimate of drug-likeness (QED) is 0.417. The lowest BCUT2D eigenvalue weighted by Gasteiger charge is -2.05. The van der Waals surface area contributed by atoms with E-state index in [9.17, 15) is 0 Å². The van der Waals surface area contributed by atoms with Gasteiger partial charge in [-0.15, -0.1) is 0 Å². The zero-order chi connectivity index (χ0) is 10.1. The molecule has 0 amide bonds. The third-order valence-electron chi connectivity index (χ3n) is 1.77. The van der Waals surface area contributed by atoms with Gasteiger partial charge in [0.1, 0.15) is 0 Å². The van der Waals surface area contributed by atoms with E-state index in [0.717, 1.165) is 11.2 Å². The predicted octanol–water partition coefficient (Wildman–Crippen LogP) is 4.99. The van der Waals surface area contributed by atoms with Crippen LogP contribution in [0.4, 0.5) is 0 Å². The van der Waals surface area contributed by atoms with Crippen molar-refractivity contribution in [2.24, 2.45) is 5.92 Å². The van der Waals surface area contributed by atoms with Crippen molar-refractivity contribution in [1.82, 2.24) is 0 Å². The fourth-order valence-corrected chi connectivity index (χ4v) is 3.22. The van der Waals surface area contributed by atoms with Crippen molar-refractivity contribution in [2.45, 2.75) is 58.6 Å². The van der Waals surface area contributed by atoms with Gasteiger partial charge >= 0.3 is 0 Å². The summed E-state index contributed by atoms with van der Waals surface area (Å²) in [5.41, 5.74) is 0. The maximum atomic E-state index is 2.31. The Bertz CT molecular complexity index is 88.3. The molecule has 0 bridgehead atoms. The first kappa shape index (κ1) is 13.7. The van der Waals surface area contributed by atoms with Gasteiger partial charge in [-0.1, -0.05) is 68.5 Å². The van der Waals surface area contributed by atoms with Crippen LogP contribution in [-0.2, 0) is 0 Å². The van der Waals surface area contributed by atoms with Crippen LogP contribution >= 0.6 is 21.6 Å². The maximum absolute atomic E-state index is 2.31. The molecule has 0 aliphatic rings. The van der Waals surface area contributed by atoms with E-state index in [0.29, 0.717) is 0 Å². The summed E-state index contributed by atoms with van der Waals surface area (Å²) in [6.45, 7) is 9.14. The van der Waals surface area contributed by atoms with Gasteiger partial charge in [-0.3, -0.25) is 0 Å². The summed E-state index contributed by atoms with van der Waals surface area (Å²) in [5.74, 6) is 2.22. The van der Waals surface area contributed by atoms with E-state index in [2.05, 4.69) is 27.7 Å². The Labute approximate surface area is 92.0 Å². The van der Waals surface area contributed by atoms with Crippen molar-refractivity contribution in [1.29, 1.82) is 0 Å². The average Bonchev–Trinajstić information content (AvgIpc) is 2.01. The largest absolute Gasteiger partial charge is 0.0939 e. The molecule has 0 rings (SSSR count). The minimum absolute atomic E-state index is 0.778. The number of rotatable bonds is 8. The Morgan fingerprint density at radius 1 is 0.923 bits per heavy atom. The highest BCUT2D eigenvalue weighted by Crippen LogP contribution is 2.27. The van der Waals surface area contributed by atoms with E-state index >= 15 is 0 Å². The minimum Gasteiger partial charge on any atom is -0.0939 e. The van der Waals surface area contributed by atoms with Crippen LogP contribution in [0.3, 0.4) is 0 Å². The smallest absolute Gasteiger partial charge is 0.00944 e. The molecule has 0 N–H and O–H groups in total. The second kappa shape index (κ2) is 9.26. The van der Waals surface area contributed by atoms with E-state index in [1.54, 1.807) is 0 Å². The van der Waals surface area contributed by atoms with E-state index in [1.165, 1.54) is 31.4 Å². The zero-order valence-electron chi connectivity index (χ0n) is 9.51. The van der Waals surface area contributed by atoms with E-state index in [4.69, 9.17) is 0 Å². The molecule has 0 saturated heterocycles. The molecule has 13 heavy (non-hydrogen) atoms. The molecule has 0 fully saturated rings. The Hall–Kier alpha value is 0.700. The van der Waals surface area contributed by atoms with Crippen LogP contribution in [0.5, 0.6) is 0 Å². The topological polar surface area (TPSA) is 0 Å². The van der Waals surface area contributed by atoms with Crippen molar-refractivity contribution >= 4 is 21.6 Å². The second-order valence-electron chi connectivity index (χ2n) is 4.21. The molecule has 0 nitrogen and oxygen atoms in total. The van der Waals surface area contributed by atoms with Gasteiger partial charge in [-0.25, -0.2) is 0 Å². The van der Waals surface area contributed by atoms with Crippen LogP contribution in [0.2, 0.25) is 0 Å². The van der Waals surface area contributed by atoms with Crippen molar-refractivity contribution in [3.8, 4) is 0 Å². The van der Waals surface area contributed by atoms with Gasteiger partial charge in [0.25, 0.3) is 0 Å². The molecule has 0 aromatic heterocycles. The van der Waals surface area contributed by atoms with Gasteiger partial charge in [0.2, 0.25) is 0 Å². The Morgan fingerprint density at radius 2 is 1.62 bits per heavy atom. The van der Waals surface area contributed by atoms with Crippen molar-refractivity contribution < 1.29 is 0 Å². The molecule has 0 aliphatic carbocycles. The Morgan fingerprint density at radius 3 is 2.15 bits per heavy atom. The summed E-state index contributed by atoms with van der Waals surface area (Å²) in [6, 6.07) is 0. The SMILES string of the molecule is CC(C)CCCCCSSC(C)C. The third-order valence-corrected chi connectivity index (χ3v) is 4.81.